The summed E-state index contributed by atoms with van der Waals surface area (Å²) in [5.74, 6) is 0.152. The predicted molar refractivity (Wildman–Crippen MR) is 94.9 cm³/mol. The Labute approximate surface area is 140 Å². The number of benzene rings is 1. The molecule has 128 valence electrons. The lowest BCUT2D eigenvalue weighted by Gasteiger charge is -2.14. The van der Waals surface area contributed by atoms with Crippen molar-refractivity contribution in [3.63, 3.8) is 0 Å². The van der Waals surface area contributed by atoms with Gasteiger partial charge in [-0.15, -0.1) is 0 Å². The Hall–Kier alpha value is -1.39. The maximum atomic E-state index is 11.8. The van der Waals surface area contributed by atoms with Crippen LogP contribution in [0.1, 0.15) is 56.1 Å². The van der Waals surface area contributed by atoms with Crippen molar-refractivity contribution < 1.29 is 4.79 Å². The number of amides is 1. The molecule has 0 aromatic heterocycles. The van der Waals surface area contributed by atoms with Crippen LogP contribution in [0.15, 0.2) is 24.3 Å². The van der Waals surface area contributed by atoms with Crippen molar-refractivity contribution in [1.82, 2.24) is 10.2 Å². The van der Waals surface area contributed by atoms with Gasteiger partial charge in [0.2, 0.25) is 5.91 Å². The van der Waals surface area contributed by atoms with Crippen molar-refractivity contribution in [1.29, 1.82) is 0 Å². The van der Waals surface area contributed by atoms with Gasteiger partial charge in [-0.25, -0.2) is 0 Å². The first-order valence-electron chi connectivity index (χ1n) is 9.05. The Morgan fingerprint density at radius 2 is 1.65 bits per heavy atom. The third-order valence-electron chi connectivity index (χ3n) is 4.48. The molecule has 0 atom stereocenters. The Balaban J connectivity index is 1.62. The van der Waals surface area contributed by atoms with Crippen LogP contribution in [0.4, 0.5) is 0 Å². The average Bonchev–Trinajstić information content (AvgIpc) is 3.07. The number of unbranched alkanes of at least 4 members (excludes halogenated alkanes) is 3. The Morgan fingerprint density at radius 3 is 2.35 bits per heavy atom. The van der Waals surface area contributed by atoms with Crippen LogP contribution < -0.4 is 11.1 Å². The zero-order valence-electron chi connectivity index (χ0n) is 14.2. The third-order valence-corrected chi connectivity index (χ3v) is 4.48. The lowest BCUT2D eigenvalue weighted by Crippen LogP contribution is -2.22. The number of hydrogen-bond acceptors (Lipinski definition) is 3. The molecular formula is C19H31N3O. The van der Waals surface area contributed by atoms with Crippen LogP contribution in [0, 0.1) is 0 Å². The quantitative estimate of drug-likeness (QED) is 0.652. The monoisotopic (exact) mass is 317 g/mol. The van der Waals surface area contributed by atoms with Crippen LogP contribution in [0.25, 0.3) is 0 Å². The molecule has 1 aliphatic rings. The number of carbonyl (C=O) groups is 1. The maximum Gasteiger partial charge on any atom is 0.220 e. The lowest BCUT2D eigenvalue weighted by molar-refractivity contribution is -0.121. The number of likely N-dealkylation sites (tertiary alicyclic amines) is 1. The van der Waals surface area contributed by atoms with E-state index in [4.69, 9.17) is 5.73 Å². The first-order chi connectivity index (χ1) is 11.3. The summed E-state index contributed by atoms with van der Waals surface area (Å²) < 4.78 is 0. The average molecular weight is 317 g/mol. The number of nitrogens with zero attached hydrogens (tertiary/aromatic N) is 1. The topological polar surface area (TPSA) is 58.4 Å². The highest BCUT2D eigenvalue weighted by atomic mass is 16.1. The standard InChI is InChI=1S/C19H31N3O/c20-12-4-2-1-3-7-19(23)21-15-17-8-10-18(11-9-17)16-22-13-5-6-14-22/h8-11H,1-7,12-16,20H2,(H,21,23). The molecule has 4 heteroatoms. The fourth-order valence-corrected chi connectivity index (χ4v) is 3.03. The maximum absolute atomic E-state index is 11.8. The first-order valence-corrected chi connectivity index (χ1v) is 9.05. The van der Waals surface area contributed by atoms with Gasteiger partial charge < -0.3 is 11.1 Å². The minimum absolute atomic E-state index is 0.152. The first kappa shape index (κ1) is 18.0. The minimum atomic E-state index is 0.152. The van der Waals surface area contributed by atoms with Crippen molar-refractivity contribution in [3.05, 3.63) is 35.4 Å². The van der Waals surface area contributed by atoms with Gasteiger partial charge >= 0.3 is 0 Å². The molecule has 0 radical (unpaired) electrons. The number of nitrogens with one attached hydrogen (secondary N) is 1. The van der Waals surface area contributed by atoms with Crippen molar-refractivity contribution in [2.24, 2.45) is 5.73 Å². The molecule has 4 nitrogen and oxygen atoms in total. The number of carbonyl (C=O) groups excluding carboxylic acids is 1. The Morgan fingerprint density at radius 1 is 1.00 bits per heavy atom. The predicted octanol–water partition coefficient (Wildman–Crippen LogP) is 2.81. The van der Waals surface area contributed by atoms with E-state index in [1.54, 1.807) is 0 Å². The highest BCUT2D eigenvalue weighted by molar-refractivity contribution is 5.75. The summed E-state index contributed by atoms with van der Waals surface area (Å²) in [4.78, 5) is 14.3. The molecule has 1 aromatic carbocycles. The zero-order chi connectivity index (χ0) is 16.3. The lowest BCUT2D eigenvalue weighted by atomic mass is 10.1. The molecule has 1 fully saturated rings. The molecule has 0 saturated carbocycles. The van der Waals surface area contributed by atoms with Crippen LogP contribution in [-0.4, -0.2) is 30.4 Å². The Kier molecular flexibility index (Phi) is 8.12. The van der Waals surface area contributed by atoms with Gasteiger partial charge in [0.1, 0.15) is 0 Å². The molecule has 3 N–H and O–H groups in total. The number of hydrogen-bond donors (Lipinski definition) is 2. The van der Waals surface area contributed by atoms with Gasteiger partial charge in [-0.1, -0.05) is 37.1 Å². The fourth-order valence-electron chi connectivity index (χ4n) is 3.03. The third kappa shape index (κ3) is 7.14. The van der Waals surface area contributed by atoms with Crippen LogP contribution in [0.3, 0.4) is 0 Å². The van der Waals surface area contributed by atoms with Gasteiger partial charge in [-0.3, -0.25) is 9.69 Å². The van der Waals surface area contributed by atoms with E-state index in [0.29, 0.717) is 13.0 Å². The smallest absolute Gasteiger partial charge is 0.220 e. The van der Waals surface area contributed by atoms with Crippen LogP contribution in [0.2, 0.25) is 0 Å². The Bertz CT molecular complexity index is 452. The summed E-state index contributed by atoms with van der Waals surface area (Å²) >= 11 is 0. The molecular weight excluding hydrogens is 286 g/mol. The fraction of sp³-hybridized carbons (Fsp3) is 0.632. The molecule has 23 heavy (non-hydrogen) atoms. The van der Waals surface area contributed by atoms with Gasteiger partial charge in [0.05, 0.1) is 0 Å². The van der Waals surface area contributed by atoms with E-state index in [1.165, 1.54) is 37.1 Å². The van der Waals surface area contributed by atoms with Gasteiger partial charge in [-0.05, 0) is 56.4 Å². The molecule has 0 unspecified atom stereocenters. The largest absolute Gasteiger partial charge is 0.352 e. The second kappa shape index (κ2) is 10.4. The summed E-state index contributed by atoms with van der Waals surface area (Å²) in [7, 11) is 0. The SMILES string of the molecule is NCCCCCCC(=O)NCc1ccc(CN2CCCC2)cc1. The molecule has 0 aliphatic carbocycles. The van der Waals surface area contributed by atoms with Gasteiger partial charge in [-0.2, -0.15) is 0 Å². The van der Waals surface area contributed by atoms with Crippen molar-refractivity contribution in [2.45, 2.75) is 58.0 Å². The summed E-state index contributed by atoms with van der Waals surface area (Å²) in [5.41, 5.74) is 7.99. The molecule has 1 amide bonds. The molecule has 0 spiro atoms. The van der Waals surface area contributed by atoms with Gasteiger partial charge in [0, 0.05) is 19.5 Å². The highest BCUT2D eigenvalue weighted by Gasteiger charge is 2.11. The summed E-state index contributed by atoms with van der Waals surface area (Å²) in [5, 5.41) is 3.01. The molecule has 2 rings (SSSR count). The molecule has 1 heterocycles. The second-order valence-corrected chi connectivity index (χ2v) is 6.53. The van der Waals surface area contributed by atoms with E-state index in [0.717, 1.165) is 38.8 Å². The van der Waals surface area contributed by atoms with Crippen LogP contribution in [-0.2, 0) is 17.9 Å². The number of rotatable bonds is 10. The van der Waals surface area contributed by atoms with E-state index in [2.05, 4.69) is 34.5 Å². The molecule has 1 aromatic rings. The van der Waals surface area contributed by atoms with Crippen molar-refractivity contribution in [3.8, 4) is 0 Å². The molecule has 1 saturated heterocycles. The molecule has 1 aliphatic heterocycles. The highest BCUT2D eigenvalue weighted by Crippen LogP contribution is 2.13. The van der Waals surface area contributed by atoms with Crippen LogP contribution >= 0.6 is 0 Å². The summed E-state index contributed by atoms with van der Waals surface area (Å²) in [6.07, 6.45) is 7.52. The van der Waals surface area contributed by atoms with Crippen molar-refractivity contribution >= 4 is 5.91 Å². The van der Waals surface area contributed by atoms with E-state index in [1.807, 2.05) is 0 Å². The van der Waals surface area contributed by atoms with Crippen LogP contribution in [0.5, 0.6) is 0 Å². The summed E-state index contributed by atoms with van der Waals surface area (Å²) in [6, 6.07) is 8.64. The van der Waals surface area contributed by atoms with Crippen molar-refractivity contribution in [2.75, 3.05) is 19.6 Å². The second-order valence-electron chi connectivity index (χ2n) is 6.53. The summed E-state index contributed by atoms with van der Waals surface area (Å²) in [6.45, 7) is 4.88. The normalized spacial score (nSPS) is 15.0. The minimum Gasteiger partial charge on any atom is -0.352 e. The van der Waals surface area contributed by atoms with Gasteiger partial charge in [0.25, 0.3) is 0 Å². The van der Waals surface area contributed by atoms with E-state index in [-0.39, 0.29) is 5.91 Å². The van der Waals surface area contributed by atoms with E-state index >= 15 is 0 Å². The zero-order valence-corrected chi connectivity index (χ0v) is 14.2. The van der Waals surface area contributed by atoms with E-state index in [9.17, 15) is 4.79 Å². The number of nitrogens with two attached hydrogens (primary N) is 1. The van der Waals surface area contributed by atoms with Gasteiger partial charge in [0.15, 0.2) is 0 Å². The van der Waals surface area contributed by atoms with E-state index < -0.39 is 0 Å². The molecule has 0 bridgehead atoms.